The maximum atomic E-state index is 13.3. The Hall–Kier alpha value is -3.19. The number of ketones is 1. The van der Waals surface area contributed by atoms with Crippen LogP contribution in [0.15, 0.2) is 58.2 Å². The maximum Gasteiger partial charge on any atom is 0.294 e. The van der Waals surface area contributed by atoms with Crippen LogP contribution >= 0.6 is 11.3 Å². The minimum absolute atomic E-state index is 0.00922. The molecular formula is C21H18N2O4S. The number of amides is 1. The number of aryl methyl sites for hydroxylation is 3. The average molecular weight is 394 g/mol. The van der Waals surface area contributed by atoms with Crippen molar-refractivity contribution in [2.75, 3.05) is 4.90 Å². The second-order valence-electron chi connectivity index (χ2n) is 6.60. The molecule has 0 bridgehead atoms. The van der Waals surface area contributed by atoms with E-state index in [0.29, 0.717) is 27.8 Å². The summed E-state index contributed by atoms with van der Waals surface area (Å²) in [4.78, 5) is 32.4. The molecule has 0 saturated carbocycles. The molecule has 0 radical (unpaired) electrons. The molecule has 0 fully saturated rings. The Labute approximate surface area is 165 Å². The van der Waals surface area contributed by atoms with Gasteiger partial charge in [-0.05, 0) is 45.0 Å². The highest BCUT2D eigenvalue weighted by molar-refractivity contribution is 7.14. The van der Waals surface area contributed by atoms with Crippen molar-refractivity contribution in [2.45, 2.75) is 26.8 Å². The number of aliphatic hydroxyl groups is 1. The molecule has 3 heterocycles. The molecule has 142 valence electrons. The van der Waals surface area contributed by atoms with Gasteiger partial charge in [-0.25, -0.2) is 4.98 Å². The Morgan fingerprint density at radius 1 is 1.14 bits per heavy atom. The number of hydrogen-bond acceptors (Lipinski definition) is 6. The molecule has 1 N–H and O–H groups in total. The number of Topliss-reactive ketones (excluding diaryl/α,β-unsaturated/α-hetero) is 1. The fraction of sp³-hybridized carbons (Fsp3) is 0.190. The van der Waals surface area contributed by atoms with Crippen LogP contribution in [0.2, 0.25) is 0 Å². The van der Waals surface area contributed by atoms with Crippen LogP contribution in [0.4, 0.5) is 5.69 Å². The SMILES string of the molecule is Cc1ccc(C2C(C(=O)c3sc(C)nc3C)=C(O)C(=O)N2c2ccccc2)o1. The van der Waals surface area contributed by atoms with Gasteiger partial charge in [0.2, 0.25) is 5.78 Å². The average Bonchev–Trinajstić information content (AvgIpc) is 3.32. The molecule has 1 atom stereocenters. The van der Waals surface area contributed by atoms with Crippen molar-refractivity contribution in [3.63, 3.8) is 0 Å². The summed E-state index contributed by atoms with van der Waals surface area (Å²) in [7, 11) is 0. The van der Waals surface area contributed by atoms with E-state index in [-0.39, 0.29) is 5.57 Å². The first-order valence-corrected chi connectivity index (χ1v) is 9.57. The lowest BCUT2D eigenvalue weighted by Crippen LogP contribution is -2.30. The fourth-order valence-electron chi connectivity index (χ4n) is 3.43. The Morgan fingerprint density at radius 2 is 1.86 bits per heavy atom. The molecule has 3 aromatic rings. The highest BCUT2D eigenvalue weighted by atomic mass is 32.1. The van der Waals surface area contributed by atoms with Crippen molar-refractivity contribution in [3.8, 4) is 0 Å². The summed E-state index contributed by atoms with van der Waals surface area (Å²) in [6, 6.07) is 11.6. The zero-order valence-electron chi connectivity index (χ0n) is 15.6. The third-order valence-corrected chi connectivity index (χ3v) is 5.70. The smallest absolute Gasteiger partial charge is 0.294 e. The van der Waals surface area contributed by atoms with Gasteiger partial charge in [-0.3, -0.25) is 14.5 Å². The van der Waals surface area contributed by atoms with Gasteiger partial charge in [0, 0.05) is 5.69 Å². The topological polar surface area (TPSA) is 83.6 Å². The molecule has 0 spiro atoms. The van der Waals surface area contributed by atoms with Crippen molar-refractivity contribution < 1.29 is 19.1 Å². The predicted molar refractivity (Wildman–Crippen MR) is 106 cm³/mol. The predicted octanol–water partition coefficient (Wildman–Crippen LogP) is 4.44. The van der Waals surface area contributed by atoms with Crippen LogP contribution in [0.5, 0.6) is 0 Å². The van der Waals surface area contributed by atoms with Gasteiger partial charge in [-0.15, -0.1) is 11.3 Å². The van der Waals surface area contributed by atoms with Crippen molar-refractivity contribution in [3.05, 3.63) is 80.9 Å². The van der Waals surface area contributed by atoms with E-state index >= 15 is 0 Å². The summed E-state index contributed by atoms with van der Waals surface area (Å²) >= 11 is 1.25. The van der Waals surface area contributed by atoms with Gasteiger partial charge in [0.25, 0.3) is 5.91 Å². The molecule has 1 aliphatic rings. The molecule has 7 heteroatoms. The number of aromatic nitrogens is 1. The molecule has 1 aromatic carbocycles. The second-order valence-corrected chi connectivity index (χ2v) is 7.80. The minimum atomic E-state index is -0.849. The van der Waals surface area contributed by atoms with E-state index in [2.05, 4.69) is 4.98 Å². The highest BCUT2D eigenvalue weighted by Gasteiger charge is 2.46. The monoisotopic (exact) mass is 394 g/mol. The van der Waals surface area contributed by atoms with Crippen LogP contribution in [-0.2, 0) is 4.79 Å². The lowest BCUT2D eigenvalue weighted by molar-refractivity contribution is -0.117. The van der Waals surface area contributed by atoms with Crippen molar-refractivity contribution in [1.29, 1.82) is 0 Å². The van der Waals surface area contributed by atoms with E-state index in [9.17, 15) is 14.7 Å². The number of aliphatic hydroxyl groups excluding tert-OH is 1. The van der Waals surface area contributed by atoms with Crippen LogP contribution in [0, 0.1) is 20.8 Å². The van der Waals surface area contributed by atoms with Crippen LogP contribution in [0.3, 0.4) is 0 Å². The van der Waals surface area contributed by atoms with E-state index in [1.807, 2.05) is 13.0 Å². The van der Waals surface area contributed by atoms with E-state index in [0.717, 1.165) is 5.01 Å². The molecule has 4 rings (SSSR count). The molecular weight excluding hydrogens is 376 g/mol. The zero-order chi connectivity index (χ0) is 20.0. The number of carbonyl (C=O) groups excluding carboxylic acids is 2. The maximum absolute atomic E-state index is 13.3. The number of hydrogen-bond donors (Lipinski definition) is 1. The molecule has 1 amide bonds. The third-order valence-electron chi connectivity index (χ3n) is 4.63. The number of rotatable bonds is 4. The minimum Gasteiger partial charge on any atom is -0.503 e. The van der Waals surface area contributed by atoms with E-state index < -0.39 is 23.5 Å². The number of benzene rings is 1. The highest BCUT2D eigenvalue weighted by Crippen LogP contribution is 2.43. The van der Waals surface area contributed by atoms with Crippen molar-refractivity contribution >= 4 is 28.7 Å². The molecule has 0 aliphatic carbocycles. The molecule has 1 unspecified atom stereocenters. The van der Waals surface area contributed by atoms with Crippen LogP contribution in [-0.4, -0.2) is 21.8 Å². The quantitative estimate of drug-likeness (QED) is 0.661. The summed E-state index contributed by atoms with van der Waals surface area (Å²) in [6.45, 7) is 5.34. The van der Waals surface area contributed by atoms with Gasteiger partial charge in [0.1, 0.15) is 17.6 Å². The van der Waals surface area contributed by atoms with Crippen LogP contribution < -0.4 is 4.90 Å². The third kappa shape index (κ3) is 2.84. The summed E-state index contributed by atoms with van der Waals surface area (Å²) in [5.74, 6) is -0.531. The van der Waals surface area contributed by atoms with Gasteiger partial charge < -0.3 is 9.52 Å². The number of anilines is 1. The zero-order valence-corrected chi connectivity index (χ0v) is 16.4. The van der Waals surface area contributed by atoms with Crippen molar-refractivity contribution in [1.82, 2.24) is 4.98 Å². The summed E-state index contributed by atoms with van der Waals surface area (Å²) < 4.78 is 5.76. The van der Waals surface area contributed by atoms with Gasteiger partial charge >= 0.3 is 0 Å². The van der Waals surface area contributed by atoms with Crippen molar-refractivity contribution in [2.24, 2.45) is 0 Å². The van der Waals surface area contributed by atoms with E-state index in [1.54, 1.807) is 50.2 Å². The van der Waals surface area contributed by atoms with Gasteiger partial charge in [0.15, 0.2) is 5.76 Å². The first kappa shape index (κ1) is 18.2. The Bertz CT molecular complexity index is 1110. The van der Waals surface area contributed by atoms with E-state index in [1.165, 1.54) is 16.2 Å². The Balaban J connectivity index is 1.89. The first-order valence-electron chi connectivity index (χ1n) is 8.75. The normalized spacial score (nSPS) is 16.9. The number of para-hydroxylation sites is 1. The van der Waals surface area contributed by atoms with Crippen LogP contribution in [0.1, 0.15) is 37.9 Å². The number of nitrogens with zero attached hydrogens (tertiary/aromatic N) is 2. The van der Waals surface area contributed by atoms with Crippen LogP contribution in [0.25, 0.3) is 0 Å². The van der Waals surface area contributed by atoms with E-state index in [4.69, 9.17) is 4.42 Å². The Morgan fingerprint density at radius 3 is 2.43 bits per heavy atom. The molecule has 0 saturated heterocycles. The van der Waals surface area contributed by atoms with Gasteiger partial charge in [-0.1, -0.05) is 18.2 Å². The second kappa shape index (κ2) is 6.76. The molecule has 28 heavy (non-hydrogen) atoms. The number of carbonyl (C=O) groups is 2. The largest absolute Gasteiger partial charge is 0.503 e. The fourth-order valence-corrected chi connectivity index (χ4v) is 4.30. The summed E-state index contributed by atoms with van der Waals surface area (Å²) in [5.41, 5.74) is 1.15. The first-order chi connectivity index (χ1) is 13.4. The van der Waals surface area contributed by atoms with Gasteiger partial charge in [-0.2, -0.15) is 0 Å². The summed E-state index contributed by atoms with van der Waals surface area (Å²) in [5, 5.41) is 11.4. The summed E-state index contributed by atoms with van der Waals surface area (Å²) in [6.07, 6.45) is 0. The lowest BCUT2D eigenvalue weighted by atomic mass is 9.99. The van der Waals surface area contributed by atoms with Gasteiger partial charge in [0.05, 0.1) is 21.2 Å². The molecule has 6 nitrogen and oxygen atoms in total. The standard InChI is InChI=1S/C21H18N2O4S/c1-11-9-10-15(27-11)17-16(18(24)20-12(2)22-13(3)28-20)19(25)21(26)23(17)14-7-5-4-6-8-14/h4-10,17,25H,1-3H3. The molecule has 2 aromatic heterocycles. The molecule has 1 aliphatic heterocycles. The lowest BCUT2D eigenvalue weighted by Gasteiger charge is -2.24. The number of thiazole rings is 1. The Kier molecular flexibility index (Phi) is 4.39. The number of furan rings is 1.